The second-order valence-corrected chi connectivity index (χ2v) is 4.52. The van der Waals surface area contributed by atoms with E-state index in [4.69, 9.17) is 4.74 Å². The zero-order chi connectivity index (χ0) is 12.6. The SMILES string of the molecule is COc1cccc2c(C(C)(C)C(=O)O)c[nH]c12. The third-order valence-corrected chi connectivity index (χ3v) is 3.11. The number of carbonyl (C=O) groups is 1. The maximum absolute atomic E-state index is 11.3. The van der Waals surface area contributed by atoms with E-state index in [2.05, 4.69) is 4.98 Å². The summed E-state index contributed by atoms with van der Waals surface area (Å²) >= 11 is 0. The van der Waals surface area contributed by atoms with Crippen LogP contribution in [0.5, 0.6) is 5.75 Å². The number of aromatic nitrogens is 1. The number of carboxylic acids is 1. The molecular weight excluding hydrogens is 218 g/mol. The molecule has 1 aromatic carbocycles. The Morgan fingerprint density at radius 1 is 1.41 bits per heavy atom. The molecule has 0 saturated carbocycles. The van der Waals surface area contributed by atoms with E-state index in [-0.39, 0.29) is 0 Å². The number of benzene rings is 1. The highest BCUT2D eigenvalue weighted by Crippen LogP contribution is 2.34. The summed E-state index contributed by atoms with van der Waals surface area (Å²) in [6, 6.07) is 5.60. The van der Waals surface area contributed by atoms with Crippen molar-refractivity contribution in [1.82, 2.24) is 4.98 Å². The number of carboxylic acid groups (broad SMARTS) is 1. The van der Waals surface area contributed by atoms with Gasteiger partial charge in [0.05, 0.1) is 18.0 Å². The Hall–Kier alpha value is -1.97. The van der Waals surface area contributed by atoms with Crippen LogP contribution in [-0.4, -0.2) is 23.2 Å². The molecule has 0 saturated heterocycles. The highest BCUT2D eigenvalue weighted by molar-refractivity contribution is 5.94. The second-order valence-electron chi connectivity index (χ2n) is 4.52. The summed E-state index contributed by atoms with van der Waals surface area (Å²) in [6.45, 7) is 3.38. The molecule has 0 bridgehead atoms. The summed E-state index contributed by atoms with van der Waals surface area (Å²) in [6.07, 6.45) is 1.74. The molecule has 4 nitrogen and oxygen atoms in total. The topological polar surface area (TPSA) is 62.3 Å². The predicted octanol–water partition coefficient (Wildman–Crippen LogP) is 2.54. The summed E-state index contributed by atoms with van der Waals surface area (Å²) in [7, 11) is 1.59. The zero-order valence-electron chi connectivity index (χ0n) is 10.1. The molecule has 1 heterocycles. The van der Waals surface area contributed by atoms with E-state index in [0.29, 0.717) is 0 Å². The number of H-pyrrole nitrogens is 1. The van der Waals surface area contributed by atoms with Crippen LogP contribution in [0.25, 0.3) is 10.9 Å². The van der Waals surface area contributed by atoms with Gasteiger partial charge in [-0.15, -0.1) is 0 Å². The van der Waals surface area contributed by atoms with Crippen molar-refractivity contribution in [3.05, 3.63) is 30.0 Å². The lowest BCUT2D eigenvalue weighted by atomic mass is 9.84. The van der Waals surface area contributed by atoms with E-state index >= 15 is 0 Å². The van der Waals surface area contributed by atoms with E-state index in [1.165, 1.54) is 0 Å². The van der Waals surface area contributed by atoms with Gasteiger partial charge >= 0.3 is 5.97 Å². The molecule has 2 aromatic rings. The van der Waals surface area contributed by atoms with Gasteiger partial charge in [-0.25, -0.2) is 0 Å². The van der Waals surface area contributed by atoms with E-state index < -0.39 is 11.4 Å². The highest BCUT2D eigenvalue weighted by atomic mass is 16.5. The molecule has 0 aliphatic heterocycles. The lowest BCUT2D eigenvalue weighted by Crippen LogP contribution is -2.28. The Balaban J connectivity index is 2.69. The van der Waals surface area contributed by atoms with Crippen molar-refractivity contribution >= 4 is 16.9 Å². The highest BCUT2D eigenvalue weighted by Gasteiger charge is 2.32. The number of aliphatic carboxylic acids is 1. The number of hydrogen-bond acceptors (Lipinski definition) is 2. The van der Waals surface area contributed by atoms with Gasteiger partial charge in [0.1, 0.15) is 5.75 Å². The third-order valence-electron chi connectivity index (χ3n) is 3.11. The van der Waals surface area contributed by atoms with Crippen molar-refractivity contribution in [3.8, 4) is 5.75 Å². The molecule has 0 radical (unpaired) electrons. The third kappa shape index (κ3) is 1.65. The fourth-order valence-corrected chi connectivity index (χ4v) is 1.93. The van der Waals surface area contributed by atoms with Crippen LogP contribution < -0.4 is 4.74 Å². The average molecular weight is 233 g/mol. The molecule has 2 rings (SSSR count). The molecule has 1 aromatic heterocycles. The Morgan fingerprint density at radius 3 is 2.71 bits per heavy atom. The summed E-state index contributed by atoms with van der Waals surface area (Å²) in [5, 5.41) is 10.1. The van der Waals surface area contributed by atoms with Crippen LogP contribution in [0.15, 0.2) is 24.4 Å². The molecule has 2 N–H and O–H groups in total. The Labute approximate surface area is 99.2 Å². The monoisotopic (exact) mass is 233 g/mol. The first-order chi connectivity index (χ1) is 7.98. The molecule has 90 valence electrons. The fraction of sp³-hybridized carbons (Fsp3) is 0.308. The molecule has 0 spiro atoms. The van der Waals surface area contributed by atoms with Crippen molar-refractivity contribution in [1.29, 1.82) is 0 Å². The van der Waals surface area contributed by atoms with Crippen molar-refractivity contribution in [2.24, 2.45) is 0 Å². The quantitative estimate of drug-likeness (QED) is 0.856. The molecule has 0 aliphatic rings. The zero-order valence-corrected chi connectivity index (χ0v) is 10.1. The van der Waals surface area contributed by atoms with Gasteiger partial charge in [0.2, 0.25) is 0 Å². The maximum Gasteiger partial charge on any atom is 0.313 e. The maximum atomic E-state index is 11.3. The molecule has 0 unspecified atom stereocenters. The standard InChI is InChI=1S/C13H15NO3/c1-13(2,12(15)16)9-7-14-11-8(9)5-4-6-10(11)17-3/h4-7,14H,1-3H3,(H,15,16). The summed E-state index contributed by atoms with van der Waals surface area (Å²) < 4.78 is 5.24. The fourth-order valence-electron chi connectivity index (χ4n) is 1.93. The van der Waals surface area contributed by atoms with E-state index in [9.17, 15) is 9.90 Å². The average Bonchev–Trinajstić information content (AvgIpc) is 2.72. The minimum absolute atomic E-state index is 0.718. The number of methoxy groups -OCH3 is 1. The smallest absolute Gasteiger partial charge is 0.313 e. The van der Waals surface area contributed by atoms with Crippen molar-refractivity contribution < 1.29 is 14.6 Å². The van der Waals surface area contributed by atoms with Gasteiger partial charge in [-0.3, -0.25) is 4.79 Å². The number of para-hydroxylation sites is 1. The Bertz CT molecular complexity index is 569. The number of aromatic amines is 1. The van der Waals surface area contributed by atoms with E-state index in [0.717, 1.165) is 22.2 Å². The van der Waals surface area contributed by atoms with Crippen LogP contribution >= 0.6 is 0 Å². The largest absolute Gasteiger partial charge is 0.495 e. The number of nitrogens with one attached hydrogen (secondary N) is 1. The van der Waals surface area contributed by atoms with Crippen LogP contribution in [0.3, 0.4) is 0 Å². The van der Waals surface area contributed by atoms with Gasteiger partial charge in [0, 0.05) is 11.6 Å². The Kier molecular flexibility index (Phi) is 2.58. The van der Waals surface area contributed by atoms with Gasteiger partial charge in [-0.05, 0) is 25.5 Å². The normalized spacial score (nSPS) is 11.7. The molecule has 0 amide bonds. The van der Waals surface area contributed by atoms with E-state index in [1.54, 1.807) is 27.2 Å². The first-order valence-corrected chi connectivity index (χ1v) is 5.36. The van der Waals surface area contributed by atoms with Gasteiger partial charge in [0.25, 0.3) is 0 Å². The van der Waals surface area contributed by atoms with Gasteiger partial charge < -0.3 is 14.8 Å². The van der Waals surface area contributed by atoms with Gasteiger partial charge in [-0.1, -0.05) is 12.1 Å². The first-order valence-electron chi connectivity index (χ1n) is 5.36. The summed E-state index contributed by atoms with van der Waals surface area (Å²) in [5.41, 5.74) is 0.670. The number of hydrogen-bond donors (Lipinski definition) is 2. The molecule has 0 aliphatic carbocycles. The number of ether oxygens (including phenoxy) is 1. The molecule has 4 heteroatoms. The van der Waals surface area contributed by atoms with Crippen LogP contribution in [0, 0.1) is 0 Å². The van der Waals surface area contributed by atoms with Crippen LogP contribution in [-0.2, 0) is 10.2 Å². The predicted molar refractivity (Wildman–Crippen MR) is 65.5 cm³/mol. The van der Waals surface area contributed by atoms with Crippen molar-refractivity contribution in [2.45, 2.75) is 19.3 Å². The van der Waals surface area contributed by atoms with Crippen LogP contribution in [0.4, 0.5) is 0 Å². The Morgan fingerprint density at radius 2 is 2.12 bits per heavy atom. The lowest BCUT2D eigenvalue weighted by Gasteiger charge is -2.18. The summed E-state index contributed by atoms with van der Waals surface area (Å²) in [5.74, 6) is -0.129. The molecule has 0 atom stereocenters. The first kappa shape index (κ1) is 11.5. The number of rotatable bonds is 3. The number of fused-ring (bicyclic) bond motifs is 1. The minimum atomic E-state index is -0.926. The molecular formula is C13H15NO3. The van der Waals surface area contributed by atoms with Crippen LogP contribution in [0.1, 0.15) is 19.4 Å². The molecule has 0 fully saturated rings. The minimum Gasteiger partial charge on any atom is -0.495 e. The summed E-state index contributed by atoms with van der Waals surface area (Å²) in [4.78, 5) is 14.4. The van der Waals surface area contributed by atoms with Crippen LogP contribution in [0.2, 0.25) is 0 Å². The van der Waals surface area contributed by atoms with Crippen molar-refractivity contribution in [2.75, 3.05) is 7.11 Å². The van der Waals surface area contributed by atoms with Crippen molar-refractivity contribution in [3.63, 3.8) is 0 Å². The van der Waals surface area contributed by atoms with Gasteiger partial charge in [0.15, 0.2) is 0 Å². The molecule has 17 heavy (non-hydrogen) atoms. The van der Waals surface area contributed by atoms with E-state index in [1.807, 2.05) is 18.2 Å². The van der Waals surface area contributed by atoms with Gasteiger partial charge in [-0.2, -0.15) is 0 Å². The second kappa shape index (κ2) is 3.80. The lowest BCUT2D eigenvalue weighted by molar-refractivity contribution is -0.142.